The van der Waals surface area contributed by atoms with E-state index in [0.29, 0.717) is 0 Å². The zero-order valence-corrected chi connectivity index (χ0v) is 6.03. The van der Waals surface area contributed by atoms with Gasteiger partial charge < -0.3 is 10.4 Å². The van der Waals surface area contributed by atoms with Gasteiger partial charge in [0.05, 0.1) is 12.1 Å². The van der Waals surface area contributed by atoms with E-state index in [1.165, 1.54) is 4.90 Å². The highest BCUT2D eigenvalue weighted by Gasteiger charge is 2.35. The van der Waals surface area contributed by atoms with Crippen molar-refractivity contribution in [2.45, 2.75) is 12.1 Å². The van der Waals surface area contributed by atoms with Crippen LogP contribution >= 0.6 is 0 Å². The van der Waals surface area contributed by atoms with Crippen molar-refractivity contribution in [1.29, 1.82) is 0 Å². The minimum atomic E-state index is -0.813. The van der Waals surface area contributed by atoms with E-state index in [0.717, 1.165) is 13.1 Å². The maximum Gasteiger partial charge on any atom is 0.408 e. The van der Waals surface area contributed by atoms with Gasteiger partial charge in [-0.3, -0.25) is 4.90 Å². The Balaban J connectivity index is 2.19. The summed E-state index contributed by atoms with van der Waals surface area (Å²) in [5.41, 5.74) is 0. The number of hydrogen-bond donors (Lipinski definition) is 2. The fourth-order valence-corrected chi connectivity index (χ4v) is 1.68. The number of carboxylic acid groups (broad SMARTS) is 1. The van der Waals surface area contributed by atoms with E-state index in [2.05, 4.69) is 5.32 Å². The molecule has 4 heteroatoms. The molecule has 0 aromatic carbocycles. The second-order valence-electron chi connectivity index (χ2n) is 2.87. The lowest BCUT2D eigenvalue weighted by molar-refractivity contribution is 0.115. The van der Waals surface area contributed by atoms with E-state index in [1.54, 1.807) is 0 Å². The van der Waals surface area contributed by atoms with Crippen LogP contribution in [0.3, 0.4) is 0 Å². The second-order valence-corrected chi connectivity index (χ2v) is 2.87. The van der Waals surface area contributed by atoms with Gasteiger partial charge in [0.15, 0.2) is 0 Å². The Bertz CT molecular complexity index is 200. The van der Waals surface area contributed by atoms with Crippen LogP contribution in [0.5, 0.6) is 0 Å². The summed E-state index contributed by atoms with van der Waals surface area (Å²) in [5, 5.41) is 11.9. The molecule has 4 nitrogen and oxygen atoms in total. The molecule has 0 aromatic rings. The van der Waals surface area contributed by atoms with Crippen molar-refractivity contribution in [2.24, 2.45) is 0 Å². The van der Waals surface area contributed by atoms with Crippen molar-refractivity contribution in [3.8, 4) is 0 Å². The van der Waals surface area contributed by atoms with Crippen LogP contribution in [0, 0.1) is 0 Å². The number of piperazine rings is 1. The molecule has 2 aliphatic heterocycles. The topological polar surface area (TPSA) is 52.6 Å². The van der Waals surface area contributed by atoms with Crippen molar-refractivity contribution in [3.63, 3.8) is 0 Å². The Morgan fingerprint density at radius 2 is 2.00 bits per heavy atom. The van der Waals surface area contributed by atoms with E-state index in [-0.39, 0.29) is 12.1 Å². The Labute approximate surface area is 64.5 Å². The molecule has 0 aliphatic carbocycles. The second kappa shape index (κ2) is 2.23. The fraction of sp³-hybridized carbons (Fsp3) is 0.571. The molecule has 2 rings (SSSR count). The van der Waals surface area contributed by atoms with Crippen LogP contribution < -0.4 is 5.32 Å². The predicted octanol–water partition coefficient (Wildman–Crippen LogP) is -0.123. The minimum absolute atomic E-state index is 0.0613. The van der Waals surface area contributed by atoms with Gasteiger partial charge in [0.2, 0.25) is 0 Å². The Kier molecular flexibility index (Phi) is 1.35. The van der Waals surface area contributed by atoms with E-state index < -0.39 is 6.09 Å². The summed E-state index contributed by atoms with van der Waals surface area (Å²) in [6, 6.07) is 0.123. The van der Waals surface area contributed by atoms with Crippen LogP contribution in [-0.2, 0) is 0 Å². The maximum atomic E-state index is 10.7. The summed E-state index contributed by atoms with van der Waals surface area (Å²) in [7, 11) is 0. The lowest BCUT2D eigenvalue weighted by Crippen LogP contribution is -2.54. The fourth-order valence-electron chi connectivity index (χ4n) is 1.68. The monoisotopic (exact) mass is 154 g/mol. The average Bonchev–Trinajstić information content (AvgIpc) is 2.23. The normalized spacial score (nSPS) is 34.4. The van der Waals surface area contributed by atoms with Crippen molar-refractivity contribution in [2.75, 3.05) is 13.1 Å². The molecule has 1 amide bonds. The summed E-state index contributed by atoms with van der Waals surface area (Å²) in [5.74, 6) is 0. The number of amides is 1. The van der Waals surface area contributed by atoms with Gasteiger partial charge in [0.1, 0.15) is 0 Å². The molecule has 2 unspecified atom stereocenters. The lowest BCUT2D eigenvalue weighted by atomic mass is 10.2. The molecule has 0 saturated carbocycles. The Morgan fingerprint density at radius 1 is 1.45 bits per heavy atom. The van der Waals surface area contributed by atoms with Gasteiger partial charge in [-0.25, -0.2) is 4.79 Å². The quantitative estimate of drug-likeness (QED) is 0.478. The first-order valence-corrected chi connectivity index (χ1v) is 3.69. The van der Waals surface area contributed by atoms with Crippen LogP contribution in [-0.4, -0.2) is 41.3 Å². The van der Waals surface area contributed by atoms with Crippen molar-refractivity contribution in [3.05, 3.63) is 12.2 Å². The van der Waals surface area contributed by atoms with Crippen LogP contribution in [0.15, 0.2) is 12.2 Å². The standard InChI is InChI=1S/C7H10N2O2/c10-7(11)9-5-1-2-6(9)4-8-3-5/h1-2,5-6,8H,3-4H2,(H,10,11). The SMILES string of the molecule is O=C(O)N1C2C=CC1CNC2. The third-order valence-electron chi connectivity index (χ3n) is 2.20. The molecule has 2 bridgehead atoms. The number of nitrogens with zero attached hydrogens (tertiary/aromatic N) is 1. The third-order valence-corrected chi connectivity index (χ3v) is 2.20. The maximum absolute atomic E-state index is 10.7. The number of carbonyl (C=O) groups is 1. The summed E-state index contributed by atoms with van der Waals surface area (Å²) in [4.78, 5) is 12.2. The van der Waals surface area contributed by atoms with Crippen LogP contribution in [0.1, 0.15) is 0 Å². The average molecular weight is 154 g/mol. The summed E-state index contributed by atoms with van der Waals surface area (Å²) >= 11 is 0. The summed E-state index contributed by atoms with van der Waals surface area (Å²) in [6.45, 7) is 1.50. The smallest absolute Gasteiger partial charge is 0.408 e. The van der Waals surface area contributed by atoms with Crippen molar-refractivity contribution >= 4 is 6.09 Å². The van der Waals surface area contributed by atoms with E-state index in [4.69, 9.17) is 5.11 Å². The molecule has 2 aliphatic rings. The summed E-state index contributed by atoms with van der Waals surface area (Å²) in [6.07, 6.45) is 3.10. The highest BCUT2D eigenvalue weighted by Crippen LogP contribution is 2.19. The van der Waals surface area contributed by atoms with Gasteiger partial charge >= 0.3 is 6.09 Å². The first-order chi connectivity index (χ1) is 5.29. The first kappa shape index (κ1) is 6.67. The molecule has 1 saturated heterocycles. The van der Waals surface area contributed by atoms with Crippen molar-refractivity contribution in [1.82, 2.24) is 10.2 Å². The highest BCUT2D eigenvalue weighted by atomic mass is 16.4. The molecule has 2 atom stereocenters. The Hall–Kier alpha value is -1.03. The number of rotatable bonds is 0. The molecule has 2 N–H and O–H groups in total. The zero-order valence-electron chi connectivity index (χ0n) is 6.03. The molecule has 11 heavy (non-hydrogen) atoms. The predicted molar refractivity (Wildman–Crippen MR) is 39.4 cm³/mol. The van der Waals surface area contributed by atoms with Gasteiger partial charge in [0, 0.05) is 13.1 Å². The highest BCUT2D eigenvalue weighted by molar-refractivity contribution is 5.68. The molecule has 0 aromatic heterocycles. The molecular weight excluding hydrogens is 144 g/mol. The molecule has 2 heterocycles. The molecule has 0 radical (unpaired) electrons. The van der Waals surface area contributed by atoms with Gasteiger partial charge in [0.25, 0.3) is 0 Å². The third kappa shape index (κ3) is 0.903. The number of hydrogen-bond acceptors (Lipinski definition) is 2. The largest absolute Gasteiger partial charge is 0.465 e. The molecular formula is C7H10N2O2. The van der Waals surface area contributed by atoms with Gasteiger partial charge in [-0.15, -0.1) is 0 Å². The van der Waals surface area contributed by atoms with Gasteiger partial charge in [-0.2, -0.15) is 0 Å². The van der Waals surface area contributed by atoms with E-state index in [9.17, 15) is 4.79 Å². The summed E-state index contributed by atoms with van der Waals surface area (Å²) < 4.78 is 0. The Morgan fingerprint density at radius 3 is 2.36 bits per heavy atom. The van der Waals surface area contributed by atoms with Crippen LogP contribution in [0.2, 0.25) is 0 Å². The molecule has 60 valence electrons. The number of nitrogens with one attached hydrogen (secondary N) is 1. The molecule has 1 fully saturated rings. The van der Waals surface area contributed by atoms with E-state index in [1.807, 2.05) is 12.2 Å². The van der Waals surface area contributed by atoms with Gasteiger partial charge in [-0.1, -0.05) is 12.2 Å². The minimum Gasteiger partial charge on any atom is -0.465 e. The zero-order chi connectivity index (χ0) is 7.84. The first-order valence-electron chi connectivity index (χ1n) is 3.69. The molecule has 0 spiro atoms. The van der Waals surface area contributed by atoms with Gasteiger partial charge in [-0.05, 0) is 0 Å². The lowest BCUT2D eigenvalue weighted by Gasteiger charge is -2.32. The van der Waals surface area contributed by atoms with Crippen LogP contribution in [0.25, 0.3) is 0 Å². The van der Waals surface area contributed by atoms with Crippen molar-refractivity contribution < 1.29 is 9.90 Å². The van der Waals surface area contributed by atoms with E-state index >= 15 is 0 Å². The van der Waals surface area contributed by atoms with Crippen LogP contribution in [0.4, 0.5) is 4.79 Å². The number of fused-ring (bicyclic) bond motifs is 2.